The largest absolute Gasteiger partial charge is 0.495 e. The molecule has 0 heterocycles. The van der Waals surface area contributed by atoms with Gasteiger partial charge in [0.25, 0.3) is 0 Å². The van der Waals surface area contributed by atoms with Gasteiger partial charge < -0.3 is 18.9 Å². The lowest BCUT2D eigenvalue weighted by atomic mass is 10.0. The summed E-state index contributed by atoms with van der Waals surface area (Å²) in [5.41, 5.74) is 3.73. The van der Waals surface area contributed by atoms with Crippen LogP contribution in [0.25, 0.3) is 10.8 Å². The van der Waals surface area contributed by atoms with E-state index in [-0.39, 0.29) is 17.1 Å². The highest BCUT2D eigenvalue weighted by molar-refractivity contribution is 6.83. The van der Waals surface area contributed by atoms with E-state index in [4.69, 9.17) is 18.9 Å². The number of carbonyl (C=O) groups is 3. The SMILES string of the molecule is COC(=O)c1c(OC(C)=O)cc2cc(C#C[Si](C)(C)C)c(OC)cc2c1OC(C)=O. The van der Waals surface area contributed by atoms with Crippen molar-refractivity contribution in [2.24, 2.45) is 0 Å². The molecule has 0 radical (unpaired) electrons. The monoisotopic (exact) mass is 428 g/mol. The lowest BCUT2D eigenvalue weighted by Crippen LogP contribution is -2.16. The molecule has 0 unspecified atom stereocenters. The first-order chi connectivity index (χ1) is 14.0. The lowest BCUT2D eigenvalue weighted by molar-refractivity contribution is -0.132. The summed E-state index contributed by atoms with van der Waals surface area (Å²) in [7, 11) is 1.02. The van der Waals surface area contributed by atoms with E-state index in [0.29, 0.717) is 22.1 Å². The molecule has 2 aromatic carbocycles. The van der Waals surface area contributed by atoms with Gasteiger partial charge in [-0.15, -0.1) is 5.54 Å². The zero-order valence-corrected chi connectivity index (χ0v) is 19.1. The second-order valence-electron chi connectivity index (χ2n) is 7.53. The molecule has 0 saturated carbocycles. The molecule has 8 heteroatoms. The normalized spacial score (nSPS) is 10.6. The molecule has 0 aromatic heterocycles. The minimum Gasteiger partial charge on any atom is -0.495 e. The third-order valence-corrected chi connectivity index (χ3v) is 4.71. The number of carbonyl (C=O) groups excluding carboxylic acids is 3. The van der Waals surface area contributed by atoms with Gasteiger partial charge in [-0.1, -0.05) is 25.6 Å². The lowest BCUT2D eigenvalue weighted by Gasteiger charge is -2.16. The number of esters is 3. The second-order valence-corrected chi connectivity index (χ2v) is 12.3. The third-order valence-electron chi connectivity index (χ3n) is 3.84. The van der Waals surface area contributed by atoms with E-state index < -0.39 is 26.0 Å². The van der Waals surface area contributed by atoms with Crippen LogP contribution in [0.5, 0.6) is 17.2 Å². The highest BCUT2D eigenvalue weighted by atomic mass is 28.3. The molecule has 30 heavy (non-hydrogen) atoms. The van der Waals surface area contributed by atoms with Crippen LogP contribution in [-0.2, 0) is 14.3 Å². The van der Waals surface area contributed by atoms with Crippen LogP contribution >= 0.6 is 0 Å². The van der Waals surface area contributed by atoms with Crippen LogP contribution < -0.4 is 14.2 Å². The summed E-state index contributed by atoms with van der Waals surface area (Å²) in [6.07, 6.45) is 0. The first-order valence-electron chi connectivity index (χ1n) is 9.14. The molecule has 0 fully saturated rings. The molecule has 158 valence electrons. The van der Waals surface area contributed by atoms with Crippen molar-refractivity contribution in [3.63, 3.8) is 0 Å². The van der Waals surface area contributed by atoms with Crippen LogP contribution in [0, 0.1) is 11.5 Å². The number of hydrogen-bond acceptors (Lipinski definition) is 7. The van der Waals surface area contributed by atoms with Gasteiger partial charge in [-0.2, -0.15) is 0 Å². The molecule has 0 aliphatic rings. The van der Waals surface area contributed by atoms with Crippen LogP contribution in [0.3, 0.4) is 0 Å². The second kappa shape index (κ2) is 9.01. The first kappa shape index (κ1) is 23.0. The Morgan fingerprint density at radius 3 is 2.03 bits per heavy atom. The quantitative estimate of drug-likeness (QED) is 0.317. The number of benzene rings is 2. The number of hydrogen-bond donors (Lipinski definition) is 0. The van der Waals surface area contributed by atoms with E-state index in [0.717, 1.165) is 0 Å². The van der Waals surface area contributed by atoms with Crippen LogP contribution in [0.15, 0.2) is 18.2 Å². The van der Waals surface area contributed by atoms with Gasteiger partial charge >= 0.3 is 17.9 Å². The van der Waals surface area contributed by atoms with Crippen LogP contribution in [0.2, 0.25) is 19.6 Å². The minimum absolute atomic E-state index is 0.0765. The van der Waals surface area contributed by atoms with E-state index in [2.05, 4.69) is 31.1 Å². The van der Waals surface area contributed by atoms with E-state index in [1.165, 1.54) is 34.1 Å². The Morgan fingerprint density at radius 2 is 1.53 bits per heavy atom. The topological polar surface area (TPSA) is 88.1 Å². The smallest absolute Gasteiger partial charge is 0.345 e. The van der Waals surface area contributed by atoms with Crippen LogP contribution in [0.1, 0.15) is 29.8 Å². The van der Waals surface area contributed by atoms with Crippen molar-refractivity contribution in [1.29, 1.82) is 0 Å². The molecule has 0 N–H and O–H groups in total. The van der Waals surface area contributed by atoms with E-state index in [1.807, 2.05) is 0 Å². The van der Waals surface area contributed by atoms with E-state index >= 15 is 0 Å². The van der Waals surface area contributed by atoms with Crippen molar-refractivity contribution in [1.82, 2.24) is 0 Å². The highest BCUT2D eigenvalue weighted by Gasteiger charge is 2.26. The Kier molecular flexibility index (Phi) is 6.90. The zero-order valence-electron chi connectivity index (χ0n) is 18.1. The van der Waals surface area contributed by atoms with Crippen molar-refractivity contribution in [3.8, 4) is 28.7 Å². The van der Waals surface area contributed by atoms with Gasteiger partial charge in [0, 0.05) is 19.2 Å². The minimum atomic E-state index is -1.65. The maximum Gasteiger partial charge on any atom is 0.345 e. The fourth-order valence-corrected chi connectivity index (χ4v) is 3.18. The Balaban J connectivity index is 2.95. The maximum absolute atomic E-state index is 12.4. The van der Waals surface area contributed by atoms with Gasteiger partial charge in [0.15, 0.2) is 5.75 Å². The summed E-state index contributed by atoms with van der Waals surface area (Å²) in [6, 6.07) is 4.88. The van der Waals surface area contributed by atoms with Crippen molar-refractivity contribution in [2.45, 2.75) is 33.5 Å². The average molecular weight is 429 g/mol. The van der Waals surface area contributed by atoms with Gasteiger partial charge in [-0.05, 0) is 23.6 Å². The number of fused-ring (bicyclic) bond motifs is 1. The molecule has 2 rings (SSSR count). The van der Waals surface area contributed by atoms with Crippen molar-refractivity contribution in [3.05, 3.63) is 29.3 Å². The summed E-state index contributed by atoms with van der Waals surface area (Å²) in [4.78, 5) is 35.8. The number of methoxy groups -OCH3 is 2. The molecule has 7 nitrogen and oxygen atoms in total. The van der Waals surface area contributed by atoms with Crippen LogP contribution in [0.4, 0.5) is 0 Å². The molecule has 0 saturated heterocycles. The third kappa shape index (κ3) is 5.39. The van der Waals surface area contributed by atoms with Crippen molar-refractivity contribution in [2.75, 3.05) is 14.2 Å². The molecule has 0 atom stereocenters. The zero-order chi connectivity index (χ0) is 22.6. The highest BCUT2D eigenvalue weighted by Crippen LogP contribution is 2.40. The van der Waals surface area contributed by atoms with Gasteiger partial charge in [0.2, 0.25) is 0 Å². The molecular formula is C22H24O7Si. The summed E-state index contributed by atoms with van der Waals surface area (Å²) in [5.74, 6) is 1.34. The average Bonchev–Trinajstić information content (AvgIpc) is 2.63. The van der Waals surface area contributed by atoms with Crippen molar-refractivity contribution >= 4 is 36.8 Å². The Morgan fingerprint density at radius 1 is 0.900 bits per heavy atom. The molecule has 0 amide bonds. The standard InChI is InChI=1S/C22H24O7Si/c1-13(23)28-19-11-16-10-15(8-9-30(5,6)7)18(26-3)12-17(16)21(29-14(2)24)20(19)22(25)27-4/h10-12H,1-7H3. The molecule has 2 aromatic rings. The summed E-state index contributed by atoms with van der Waals surface area (Å²) in [6.45, 7) is 8.77. The molecule has 0 aliphatic heterocycles. The fraction of sp³-hybridized carbons (Fsp3) is 0.318. The summed E-state index contributed by atoms with van der Waals surface area (Å²) < 4.78 is 20.8. The Hall–Kier alpha value is -3.31. The first-order valence-corrected chi connectivity index (χ1v) is 12.6. The van der Waals surface area contributed by atoms with Gasteiger partial charge in [0.1, 0.15) is 25.1 Å². The predicted molar refractivity (Wildman–Crippen MR) is 115 cm³/mol. The van der Waals surface area contributed by atoms with Gasteiger partial charge in [-0.3, -0.25) is 9.59 Å². The summed E-state index contributed by atoms with van der Waals surface area (Å²) >= 11 is 0. The summed E-state index contributed by atoms with van der Waals surface area (Å²) in [5, 5.41) is 0.965. The van der Waals surface area contributed by atoms with Gasteiger partial charge in [-0.25, -0.2) is 4.79 Å². The Labute approximate surface area is 176 Å². The van der Waals surface area contributed by atoms with E-state index in [9.17, 15) is 14.4 Å². The Bertz CT molecular complexity index is 1080. The molecule has 0 spiro atoms. The maximum atomic E-state index is 12.4. The van der Waals surface area contributed by atoms with Gasteiger partial charge in [0.05, 0.1) is 19.8 Å². The molecule has 0 aliphatic carbocycles. The number of rotatable bonds is 4. The van der Waals surface area contributed by atoms with Crippen molar-refractivity contribution < 1.29 is 33.3 Å². The van der Waals surface area contributed by atoms with Crippen LogP contribution in [-0.4, -0.2) is 40.2 Å². The predicted octanol–water partition coefficient (Wildman–Crippen LogP) is 3.71. The molecule has 0 bridgehead atoms. The number of ether oxygens (including phenoxy) is 4. The fourth-order valence-electron chi connectivity index (χ4n) is 2.67. The molecular weight excluding hydrogens is 404 g/mol. The van der Waals surface area contributed by atoms with E-state index in [1.54, 1.807) is 12.1 Å².